The van der Waals surface area contributed by atoms with E-state index in [2.05, 4.69) is 182 Å². The molecule has 4 heteroatoms. The van der Waals surface area contributed by atoms with Crippen LogP contribution in [0.1, 0.15) is 104 Å². The number of hydrogen-bond donors (Lipinski definition) is 0. The average Bonchev–Trinajstić information content (AvgIpc) is 3.48. The molecule has 6 aromatic rings. The third-order valence-corrected chi connectivity index (χ3v) is 12.5. The molecule has 0 saturated heterocycles. The van der Waals surface area contributed by atoms with Gasteiger partial charge in [-0.25, -0.2) is 0 Å². The Labute approximate surface area is 316 Å². The van der Waals surface area contributed by atoms with Gasteiger partial charge in [0.05, 0.1) is 5.00 Å². The van der Waals surface area contributed by atoms with Gasteiger partial charge in [0.2, 0.25) is 0 Å². The fourth-order valence-corrected chi connectivity index (χ4v) is 9.52. The summed E-state index contributed by atoms with van der Waals surface area (Å²) in [6.45, 7) is 23.3. The summed E-state index contributed by atoms with van der Waals surface area (Å²) in [5.41, 5.74) is 16.2. The molecule has 3 heterocycles. The molecular formula is C48H53BN2S. The highest BCUT2D eigenvalue weighted by molar-refractivity contribution is 7.26. The number of anilines is 6. The number of thiophene rings is 1. The Morgan fingerprint density at radius 2 is 1.17 bits per heavy atom. The number of benzene rings is 5. The van der Waals surface area contributed by atoms with Crippen LogP contribution in [0.5, 0.6) is 0 Å². The van der Waals surface area contributed by atoms with Crippen molar-refractivity contribution in [2.45, 2.75) is 105 Å². The summed E-state index contributed by atoms with van der Waals surface area (Å²) < 4.78 is 1.35. The Hall–Kier alpha value is -4.28. The standard InChI is InChI=1S/C48H53BN2S/c1-11-12-15-31-16-13-17-36(28-31)50-39-18-14-19-40-44(39)49(38-26-22-34(30-41(38)50)48(8,9)10)43-37-29-33(47(5,6)7)23-27-42(37)52-45(43)51(40)35-24-20-32(21-25-35)46(2,3)4/h13-14,16-30H,11-12,15H2,1-10H3. The molecule has 2 nitrogen and oxygen atoms in total. The molecular weight excluding hydrogens is 647 g/mol. The van der Waals surface area contributed by atoms with E-state index < -0.39 is 0 Å². The molecule has 2 aliphatic rings. The number of nitrogens with zero attached hydrogens (tertiary/aromatic N) is 2. The summed E-state index contributed by atoms with van der Waals surface area (Å²) >= 11 is 1.95. The number of rotatable bonds is 5. The Morgan fingerprint density at radius 1 is 0.558 bits per heavy atom. The van der Waals surface area contributed by atoms with Crippen LogP contribution in [0.15, 0.2) is 103 Å². The van der Waals surface area contributed by atoms with E-state index in [-0.39, 0.29) is 23.0 Å². The van der Waals surface area contributed by atoms with Crippen molar-refractivity contribution < 1.29 is 0 Å². The van der Waals surface area contributed by atoms with E-state index in [1.807, 2.05) is 11.3 Å². The molecule has 0 radical (unpaired) electrons. The number of fused-ring (bicyclic) bond motifs is 6. The zero-order chi connectivity index (χ0) is 36.7. The molecule has 0 bridgehead atoms. The molecule has 0 saturated carbocycles. The van der Waals surface area contributed by atoms with Gasteiger partial charge in [-0.2, -0.15) is 0 Å². The van der Waals surface area contributed by atoms with E-state index >= 15 is 0 Å². The van der Waals surface area contributed by atoms with Crippen LogP contribution in [-0.2, 0) is 22.7 Å². The van der Waals surface area contributed by atoms with Gasteiger partial charge in [-0.1, -0.05) is 130 Å². The predicted octanol–water partition coefficient (Wildman–Crippen LogP) is 12.2. The van der Waals surface area contributed by atoms with Crippen LogP contribution in [0.4, 0.5) is 33.4 Å². The summed E-state index contributed by atoms with van der Waals surface area (Å²) in [5, 5.41) is 2.72. The Kier molecular flexibility index (Phi) is 8.30. The lowest BCUT2D eigenvalue weighted by Crippen LogP contribution is -2.61. The third kappa shape index (κ3) is 5.79. The predicted molar refractivity (Wildman–Crippen MR) is 231 cm³/mol. The van der Waals surface area contributed by atoms with Crippen molar-refractivity contribution in [3.05, 3.63) is 125 Å². The highest BCUT2D eigenvalue weighted by atomic mass is 32.1. The van der Waals surface area contributed by atoms with E-state index in [1.165, 1.54) is 95.0 Å². The molecule has 8 rings (SSSR count). The summed E-state index contributed by atoms with van der Waals surface area (Å²) in [7, 11) is 0. The molecule has 0 amide bonds. The number of aryl methyl sites for hydroxylation is 1. The molecule has 0 unspecified atom stereocenters. The topological polar surface area (TPSA) is 6.48 Å². The minimum absolute atomic E-state index is 0.0240. The summed E-state index contributed by atoms with van der Waals surface area (Å²) in [6, 6.07) is 40.3. The van der Waals surface area contributed by atoms with Gasteiger partial charge in [0, 0.05) is 33.1 Å². The summed E-state index contributed by atoms with van der Waals surface area (Å²) in [4.78, 5) is 5.15. The Bertz CT molecular complexity index is 2310. The molecule has 2 aliphatic heterocycles. The van der Waals surface area contributed by atoms with Crippen molar-refractivity contribution in [1.29, 1.82) is 0 Å². The van der Waals surface area contributed by atoms with Crippen molar-refractivity contribution in [3.63, 3.8) is 0 Å². The van der Waals surface area contributed by atoms with Gasteiger partial charge in [-0.15, -0.1) is 11.3 Å². The number of unbranched alkanes of at least 4 members (excludes halogenated alkanes) is 1. The molecule has 264 valence electrons. The van der Waals surface area contributed by atoms with Crippen molar-refractivity contribution in [2.24, 2.45) is 0 Å². The SMILES string of the molecule is CCCCc1cccc(N2c3cc(C(C)(C)C)ccc3B3c4c2cccc4N(c2ccc(C(C)(C)C)cc2)c2sc4ccc(C(C)(C)C)cc4c23)c1. The van der Waals surface area contributed by atoms with Crippen LogP contribution in [0.3, 0.4) is 0 Å². The van der Waals surface area contributed by atoms with E-state index in [0.29, 0.717) is 0 Å². The van der Waals surface area contributed by atoms with Crippen molar-refractivity contribution in [1.82, 2.24) is 0 Å². The molecule has 52 heavy (non-hydrogen) atoms. The fourth-order valence-electron chi connectivity index (χ4n) is 8.26. The monoisotopic (exact) mass is 700 g/mol. The third-order valence-electron chi connectivity index (χ3n) is 11.3. The van der Waals surface area contributed by atoms with Crippen LogP contribution in [0.2, 0.25) is 0 Å². The van der Waals surface area contributed by atoms with Gasteiger partial charge in [-0.3, -0.25) is 0 Å². The minimum atomic E-state index is 0.0240. The van der Waals surface area contributed by atoms with E-state index in [4.69, 9.17) is 0 Å². The second-order valence-electron chi connectivity index (χ2n) is 18.2. The molecule has 1 aromatic heterocycles. The quantitative estimate of drug-likeness (QED) is 0.165. The summed E-state index contributed by atoms with van der Waals surface area (Å²) in [6.07, 6.45) is 3.49. The summed E-state index contributed by atoms with van der Waals surface area (Å²) in [5.74, 6) is 0. The lowest BCUT2D eigenvalue weighted by Gasteiger charge is -2.43. The van der Waals surface area contributed by atoms with Gasteiger partial charge in [0.1, 0.15) is 0 Å². The van der Waals surface area contributed by atoms with Crippen molar-refractivity contribution in [3.8, 4) is 0 Å². The zero-order valence-electron chi connectivity index (χ0n) is 32.8. The second-order valence-corrected chi connectivity index (χ2v) is 19.2. The lowest BCUT2D eigenvalue weighted by atomic mass is 9.33. The maximum absolute atomic E-state index is 2.58. The van der Waals surface area contributed by atoms with Gasteiger partial charge < -0.3 is 9.80 Å². The van der Waals surface area contributed by atoms with Crippen LogP contribution in [-0.4, -0.2) is 6.71 Å². The fraction of sp³-hybridized carbons (Fsp3) is 0.333. The minimum Gasteiger partial charge on any atom is -0.311 e. The molecule has 5 aromatic carbocycles. The van der Waals surface area contributed by atoms with Crippen LogP contribution >= 0.6 is 11.3 Å². The molecule has 0 aliphatic carbocycles. The van der Waals surface area contributed by atoms with Crippen LogP contribution < -0.4 is 26.2 Å². The highest BCUT2D eigenvalue weighted by Gasteiger charge is 2.45. The zero-order valence-corrected chi connectivity index (χ0v) is 33.6. The molecule has 0 atom stereocenters. The van der Waals surface area contributed by atoms with E-state index in [1.54, 1.807) is 0 Å². The number of hydrogen-bond acceptors (Lipinski definition) is 3. The van der Waals surface area contributed by atoms with Crippen LogP contribution in [0, 0.1) is 0 Å². The Balaban J connectivity index is 1.45. The molecule has 0 spiro atoms. The highest BCUT2D eigenvalue weighted by Crippen LogP contribution is 2.48. The first-order chi connectivity index (χ1) is 24.6. The van der Waals surface area contributed by atoms with Crippen molar-refractivity contribution in [2.75, 3.05) is 9.80 Å². The van der Waals surface area contributed by atoms with Gasteiger partial charge in [0.15, 0.2) is 0 Å². The maximum Gasteiger partial charge on any atom is 0.254 e. The average molecular weight is 701 g/mol. The first-order valence-corrected chi connectivity index (χ1v) is 20.1. The van der Waals surface area contributed by atoms with Gasteiger partial charge >= 0.3 is 0 Å². The largest absolute Gasteiger partial charge is 0.311 e. The smallest absolute Gasteiger partial charge is 0.254 e. The first kappa shape index (κ1) is 34.8. The first-order valence-electron chi connectivity index (χ1n) is 19.3. The normalized spacial score (nSPS) is 14.1. The maximum atomic E-state index is 2.58. The Morgan fingerprint density at radius 3 is 1.85 bits per heavy atom. The van der Waals surface area contributed by atoms with Crippen LogP contribution in [0.25, 0.3) is 10.1 Å². The van der Waals surface area contributed by atoms with Gasteiger partial charge in [-0.05, 0) is 122 Å². The van der Waals surface area contributed by atoms with Gasteiger partial charge in [0.25, 0.3) is 6.71 Å². The molecule has 0 fully saturated rings. The van der Waals surface area contributed by atoms with E-state index in [0.717, 1.165) is 6.42 Å². The molecule has 0 N–H and O–H groups in total. The van der Waals surface area contributed by atoms with E-state index in [9.17, 15) is 0 Å². The van der Waals surface area contributed by atoms with Crippen molar-refractivity contribution >= 4 is 78.0 Å². The second kappa shape index (κ2) is 12.4. The lowest BCUT2D eigenvalue weighted by molar-refractivity contribution is 0.590.